The smallest absolute Gasteiger partial charge is 0.316 e. The molecule has 0 aliphatic carbocycles. The molecule has 0 saturated heterocycles. The number of para-hydroxylation sites is 2. The summed E-state index contributed by atoms with van der Waals surface area (Å²) in [4.78, 5) is 4.23. The number of rotatable bonds is 3. The first-order valence-electron chi connectivity index (χ1n) is 5.75. The lowest BCUT2D eigenvalue weighted by Crippen LogP contribution is -1.90. The topological polar surface area (TPSA) is 70.7 Å². The lowest BCUT2D eigenvalue weighted by atomic mass is 10.2. The van der Waals surface area contributed by atoms with Crippen molar-refractivity contribution in [3.05, 3.63) is 54.1 Å². The van der Waals surface area contributed by atoms with Crippen molar-refractivity contribution in [1.82, 2.24) is 4.98 Å². The van der Waals surface area contributed by atoms with Gasteiger partial charge in [-0.2, -0.15) is 10.1 Å². The Morgan fingerprint density at radius 3 is 2.68 bits per heavy atom. The van der Waals surface area contributed by atoms with Gasteiger partial charge in [0.2, 0.25) is 0 Å². The fourth-order valence-electron chi connectivity index (χ4n) is 1.64. The second-order valence-electron chi connectivity index (χ2n) is 3.95. The minimum atomic E-state index is 0.226. The lowest BCUT2D eigenvalue weighted by molar-refractivity contribution is 0.475. The van der Waals surface area contributed by atoms with Crippen LogP contribution in [0, 0.1) is 0 Å². The van der Waals surface area contributed by atoms with Gasteiger partial charge < -0.3 is 9.52 Å². The van der Waals surface area contributed by atoms with Crippen molar-refractivity contribution in [1.29, 1.82) is 0 Å². The molecule has 1 aromatic heterocycles. The zero-order valence-corrected chi connectivity index (χ0v) is 9.95. The molecule has 94 valence electrons. The summed E-state index contributed by atoms with van der Waals surface area (Å²) in [5.74, 6) is 0.226. The van der Waals surface area contributed by atoms with Gasteiger partial charge in [-0.25, -0.2) is 5.43 Å². The highest BCUT2D eigenvalue weighted by Gasteiger charge is 2.02. The van der Waals surface area contributed by atoms with E-state index < -0.39 is 0 Å². The number of oxazole rings is 1. The van der Waals surface area contributed by atoms with Gasteiger partial charge in [-0.3, -0.25) is 0 Å². The van der Waals surface area contributed by atoms with E-state index in [1.54, 1.807) is 30.5 Å². The highest BCUT2D eigenvalue weighted by Crippen LogP contribution is 2.17. The fraction of sp³-hybridized carbons (Fsp3) is 0. The van der Waals surface area contributed by atoms with Crippen molar-refractivity contribution in [2.45, 2.75) is 0 Å². The van der Waals surface area contributed by atoms with Crippen LogP contribution in [0.2, 0.25) is 0 Å². The average Bonchev–Trinajstić information content (AvgIpc) is 2.83. The summed E-state index contributed by atoms with van der Waals surface area (Å²) < 4.78 is 5.45. The number of fused-ring (bicyclic) bond motifs is 1. The number of nitrogens with one attached hydrogen (secondary N) is 1. The maximum Gasteiger partial charge on any atom is 0.316 e. The molecule has 3 rings (SSSR count). The Morgan fingerprint density at radius 1 is 1.11 bits per heavy atom. The number of hydrogen-bond donors (Lipinski definition) is 2. The molecule has 2 aromatic carbocycles. The van der Waals surface area contributed by atoms with Crippen molar-refractivity contribution in [3.8, 4) is 5.75 Å². The molecule has 0 unspecified atom stereocenters. The Labute approximate surface area is 109 Å². The summed E-state index contributed by atoms with van der Waals surface area (Å²) in [6.45, 7) is 0. The summed E-state index contributed by atoms with van der Waals surface area (Å²) >= 11 is 0. The minimum absolute atomic E-state index is 0.226. The van der Waals surface area contributed by atoms with Crippen LogP contribution < -0.4 is 5.43 Å². The molecule has 19 heavy (non-hydrogen) atoms. The molecule has 5 nitrogen and oxygen atoms in total. The molecule has 2 N–H and O–H groups in total. The number of phenols is 1. The second-order valence-corrected chi connectivity index (χ2v) is 3.95. The molecule has 0 spiro atoms. The van der Waals surface area contributed by atoms with Gasteiger partial charge in [-0.15, -0.1) is 0 Å². The Balaban J connectivity index is 1.73. The van der Waals surface area contributed by atoms with Crippen LogP contribution in [-0.4, -0.2) is 16.3 Å². The predicted molar refractivity (Wildman–Crippen MR) is 73.3 cm³/mol. The largest absolute Gasteiger partial charge is 0.508 e. The van der Waals surface area contributed by atoms with Crippen LogP contribution in [0.3, 0.4) is 0 Å². The maximum absolute atomic E-state index is 9.16. The first kappa shape index (κ1) is 11.3. The third-order valence-corrected chi connectivity index (χ3v) is 2.56. The van der Waals surface area contributed by atoms with Crippen molar-refractivity contribution in [2.24, 2.45) is 5.10 Å². The molecule has 0 atom stereocenters. The third-order valence-electron chi connectivity index (χ3n) is 2.56. The number of hydrazone groups is 1. The number of nitrogens with zero attached hydrogens (tertiary/aromatic N) is 2. The summed E-state index contributed by atoms with van der Waals surface area (Å²) in [6, 6.07) is 14.5. The number of aromatic hydroxyl groups is 1. The number of aromatic nitrogens is 1. The Hall–Kier alpha value is -2.82. The molecule has 1 heterocycles. The zero-order chi connectivity index (χ0) is 13.1. The molecule has 0 aliphatic heterocycles. The van der Waals surface area contributed by atoms with Gasteiger partial charge in [-0.05, 0) is 42.0 Å². The molecule has 0 saturated carbocycles. The van der Waals surface area contributed by atoms with Crippen molar-refractivity contribution in [3.63, 3.8) is 0 Å². The van der Waals surface area contributed by atoms with E-state index in [0.717, 1.165) is 11.1 Å². The van der Waals surface area contributed by atoms with Crippen LogP contribution >= 0.6 is 0 Å². The molecular weight excluding hydrogens is 242 g/mol. The number of hydrogen-bond acceptors (Lipinski definition) is 5. The van der Waals surface area contributed by atoms with E-state index in [0.29, 0.717) is 11.6 Å². The van der Waals surface area contributed by atoms with Gasteiger partial charge in [0.1, 0.15) is 11.3 Å². The zero-order valence-electron chi connectivity index (χ0n) is 9.95. The van der Waals surface area contributed by atoms with E-state index in [2.05, 4.69) is 15.5 Å². The van der Waals surface area contributed by atoms with Crippen LogP contribution in [0.15, 0.2) is 58.0 Å². The van der Waals surface area contributed by atoms with E-state index in [-0.39, 0.29) is 5.75 Å². The van der Waals surface area contributed by atoms with Crippen molar-refractivity contribution >= 4 is 23.3 Å². The van der Waals surface area contributed by atoms with Crippen LogP contribution in [-0.2, 0) is 0 Å². The average molecular weight is 253 g/mol. The quantitative estimate of drug-likeness (QED) is 0.556. The molecule has 0 bridgehead atoms. The predicted octanol–water partition coefficient (Wildman–Crippen LogP) is 2.98. The standard InChI is InChI=1S/C14H11N3O2/c18-11-7-5-10(6-8-11)9-15-17-14-16-12-3-1-2-4-13(12)19-14/h1-9,18H,(H,16,17)/b15-9-. The number of benzene rings is 2. The molecule has 3 aromatic rings. The van der Waals surface area contributed by atoms with E-state index in [4.69, 9.17) is 9.52 Å². The van der Waals surface area contributed by atoms with Gasteiger partial charge in [0.05, 0.1) is 6.21 Å². The van der Waals surface area contributed by atoms with Gasteiger partial charge in [0.25, 0.3) is 0 Å². The number of phenolic OH excluding ortho intramolecular Hbond substituents is 1. The Morgan fingerprint density at radius 2 is 1.89 bits per heavy atom. The molecule has 0 fully saturated rings. The number of anilines is 1. The van der Waals surface area contributed by atoms with Gasteiger partial charge in [0, 0.05) is 0 Å². The Kier molecular flexibility index (Phi) is 2.86. The van der Waals surface area contributed by atoms with Crippen LogP contribution in [0.5, 0.6) is 5.75 Å². The van der Waals surface area contributed by atoms with E-state index in [9.17, 15) is 0 Å². The van der Waals surface area contributed by atoms with Crippen LogP contribution in [0.1, 0.15) is 5.56 Å². The van der Waals surface area contributed by atoms with Gasteiger partial charge in [0.15, 0.2) is 5.58 Å². The van der Waals surface area contributed by atoms with Crippen LogP contribution in [0.4, 0.5) is 6.01 Å². The lowest BCUT2D eigenvalue weighted by Gasteiger charge is -1.94. The van der Waals surface area contributed by atoms with E-state index in [1.165, 1.54) is 0 Å². The van der Waals surface area contributed by atoms with Crippen LogP contribution in [0.25, 0.3) is 11.1 Å². The molecule has 0 aliphatic rings. The monoisotopic (exact) mass is 253 g/mol. The van der Waals surface area contributed by atoms with E-state index in [1.807, 2.05) is 24.3 Å². The molecular formula is C14H11N3O2. The molecule has 0 radical (unpaired) electrons. The first-order valence-corrected chi connectivity index (χ1v) is 5.75. The molecule has 0 amide bonds. The second kappa shape index (κ2) is 4.81. The van der Waals surface area contributed by atoms with Gasteiger partial charge in [-0.1, -0.05) is 12.1 Å². The molecule has 5 heteroatoms. The summed E-state index contributed by atoms with van der Waals surface area (Å²) in [5, 5.41) is 13.2. The normalized spacial score (nSPS) is 11.2. The summed E-state index contributed by atoms with van der Waals surface area (Å²) in [7, 11) is 0. The Bertz CT molecular complexity index is 684. The summed E-state index contributed by atoms with van der Waals surface area (Å²) in [6.07, 6.45) is 1.62. The first-order chi connectivity index (χ1) is 9.31. The van der Waals surface area contributed by atoms with Crippen molar-refractivity contribution < 1.29 is 9.52 Å². The van der Waals surface area contributed by atoms with Gasteiger partial charge >= 0.3 is 6.01 Å². The van der Waals surface area contributed by atoms with E-state index >= 15 is 0 Å². The fourth-order valence-corrected chi connectivity index (χ4v) is 1.64. The SMILES string of the molecule is Oc1ccc(/C=N\Nc2nc3ccccc3o2)cc1. The third kappa shape index (κ3) is 2.55. The maximum atomic E-state index is 9.16. The highest BCUT2D eigenvalue weighted by molar-refractivity contribution is 5.80. The highest BCUT2D eigenvalue weighted by atomic mass is 16.4. The minimum Gasteiger partial charge on any atom is -0.508 e. The van der Waals surface area contributed by atoms with Crippen molar-refractivity contribution in [2.75, 3.05) is 5.43 Å². The summed E-state index contributed by atoms with van der Waals surface area (Å²) in [5.41, 5.74) is 5.08.